The van der Waals surface area contributed by atoms with Gasteiger partial charge in [-0.15, -0.1) is 0 Å². The molecule has 0 aromatic heterocycles. The van der Waals surface area contributed by atoms with Crippen molar-refractivity contribution in [3.05, 3.63) is 0 Å². The maximum absolute atomic E-state index is 5.24. The molecule has 0 saturated heterocycles. The maximum Gasteiger partial charge on any atom is 0.0589 e. The summed E-state index contributed by atoms with van der Waals surface area (Å²) in [4.78, 5) is 2.54. The van der Waals surface area contributed by atoms with Gasteiger partial charge in [0.25, 0.3) is 0 Å². The number of methoxy groups -OCH3 is 2. The Morgan fingerprint density at radius 1 is 1.05 bits per heavy atom. The number of hydrogen-bond acceptors (Lipinski definition) is 4. The summed E-state index contributed by atoms with van der Waals surface area (Å²) >= 11 is 0. The quantitative estimate of drug-likeness (QED) is 0.522. The lowest BCUT2D eigenvalue weighted by Gasteiger charge is -2.32. The maximum atomic E-state index is 5.24. The monoisotopic (exact) mass is 274 g/mol. The van der Waals surface area contributed by atoms with Gasteiger partial charge >= 0.3 is 0 Å². The molecule has 4 heteroatoms. The smallest absolute Gasteiger partial charge is 0.0589 e. The van der Waals surface area contributed by atoms with Gasteiger partial charge in [0, 0.05) is 52.5 Å². The molecule has 1 N–H and O–H groups in total. The van der Waals surface area contributed by atoms with Crippen molar-refractivity contribution in [1.29, 1.82) is 0 Å². The van der Waals surface area contributed by atoms with E-state index < -0.39 is 0 Å². The van der Waals surface area contributed by atoms with Crippen molar-refractivity contribution in [1.82, 2.24) is 10.2 Å². The molecule has 0 rings (SSSR count). The fraction of sp³-hybridized carbons (Fsp3) is 1.00. The Labute approximate surface area is 119 Å². The van der Waals surface area contributed by atoms with E-state index in [-0.39, 0.29) is 0 Å². The van der Waals surface area contributed by atoms with Crippen LogP contribution in [0.4, 0.5) is 0 Å². The van der Waals surface area contributed by atoms with Gasteiger partial charge in [0.15, 0.2) is 0 Å². The molecular weight excluding hydrogens is 240 g/mol. The van der Waals surface area contributed by atoms with Gasteiger partial charge in [-0.2, -0.15) is 0 Å². The highest BCUT2D eigenvalue weighted by molar-refractivity contribution is 4.75. The molecular formula is C15H34N2O2. The van der Waals surface area contributed by atoms with Crippen LogP contribution >= 0.6 is 0 Å². The molecule has 0 spiro atoms. The first-order valence-electron chi connectivity index (χ1n) is 7.61. The lowest BCUT2D eigenvalue weighted by Crippen LogP contribution is -2.45. The van der Waals surface area contributed by atoms with Gasteiger partial charge in [-0.1, -0.05) is 27.2 Å². The van der Waals surface area contributed by atoms with Crippen LogP contribution < -0.4 is 5.32 Å². The van der Waals surface area contributed by atoms with Gasteiger partial charge in [0.2, 0.25) is 0 Å². The van der Waals surface area contributed by atoms with Crippen LogP contribution in [0.1, 0.15) is 40.0 Å². The molecule has 0 radical (unpaired) electrons. The molecule has 1 atom stereocenters. The van der Waals surface area contributed by atoms with Crippen LogP contribution in [-0.2, 0) is 9.47 Å². The van der Waals surface area contributed by atoms with E-state index in [1.807, 2.05) is 0 Å². The van der Waals surface area contributed by atoms with E-state index in [0.29, 0.717) is 12.1 Å². The normalized spacial score (nSPS) is 13.4. The van der Waals surface area contributed by atoms with E-state index in [9.17, 15) is 0 Å². The third-order valence-electron chi connectivity index (χ3n) is 3.28. The highest BCUT2D eigenvalue weighted by atomic mass is 16.5. The SMILES string of the molecule is CCCC(CNC(C)C)N(CCCOC)CCOC. The average Bonchev–Trinajstić information content (AvgIpc) is 2.39. The Morgan fingerprint density at radius 2 is 1.74 bits per heavy atom. The summed E-state index contributed by atoms with van der Waals surface area (Å²) in [6, 6.07) is 1.14. The number of hydrogen-bond donors (Lipinski definition) is 1. The summed E-state index contributed by atoms with van der Waals surface area (Å²) in [6.45, 7) is 11.4. The van der Waals surface area contributed by atoms with Crippen LogP contribution in [0.5, 0.6) is 0 Å². The minimum atomic E-state index is 0.544. The van der Waals surface area contributed by atoms with Crippen LogP contribution in [0.2, 0.25) is 0 Å². The van der Waals surface area contributed by atoms with Gasteiger partial charge in [-0.3, -0.25) is 4.90 Å². The van der Waals surface area contributed by atoms with Crippen LogP contribution in [0.15, 0.2) is 0 Å². The molecule has 1 unspecified atom stereocenters. The second kappa shape index (κ2) is 12.9. The van der Waals surface area contributed by atoms with Crippen LogP contribution in [0.25, 0.3) is 0 Å². The van der Waals surface area contributed by atoms with E-state index in [2.05, 4.69) is 31.0 Å². The standard InChI is InChI=1S/C15H34N2O2/c1-6-8-15(13-16-14(2)3)17(10-12-19-5)9-7-11-18-4/h14-16H,6-13H2,1-5H3. The number of ether oxygens (including phenoxy) is 2. The first kappa shape index (κ1) is 18.8. The van der Waals surface area contributed by atoms with Crippen molar-refractivity contribution >= 4 is 0 Å². The molecule has 0 aliphatic heterocycles. The molecule has 0 aromatic rings. The van der Waals surface area contributed by atoms with E-state index in [0.717, 1.165) is 39.3 Å². The lowest BCUT2D eigenvalue weighted by molar-refractivity contribution is 0.101. The molecule has 0 bridgehead atoms. The summed E-state index contributed by atoms with van der Waals surface area (Å²) in [5.74, 6) is 0. The number of nitrogens with one attached hydrogen (secondary N) is 1. The summed E-state index contributed by atoms with van der Waals surface area (Å²) in [7, 11) is 3.54. The number of rotatable bonds is 13. The van der Waals surface area contributed by atoms with Gasteiger partial charge in [-0.25, -0.2) is 0 Å². The second-order valence-corrected chi connectivity index (χ2v) is 5.38. The highest BCUT2D eigenvalue weighted by Gasteiger charge is 2.17. The second-order valence-electron chi connectivity index (χ2n) is 5.38. The Balaban J connectivity index is 4.32. The Kier molecular flexibility index (Phi) is 12.7. The third kappa shape index (κ3) is 10.3. The zero-order chi connectivity index (χ0) is 14.5. The lowest BCUT2D eigenvalue weighted by atomic mass is 10.1. The Bertz CT molecular complexity index is 189. The van der Waals surface area contributed by atoms with Crippen molar-refractivity contribution in [3.8, 4) is 0 Å². The van der Waals surface area contributed by atoms with Crippen molar-refractivity contribution in [2.75, 3.05) is 47.1 Å². The fourth-order valence-electron chi connectivity index (χ4n) is 2.22. The van der Waals surface area contributed by atoms with Crippen molar-refractivity contribution < 1.29 is 9.47 Å². The first-order chi connectivity index (χ1) is 9.15. The van der Waals surface area contributed by atoms with E-state index in [1.54, 1.807) is 14.2 Å². The molecule has 0 aliphatic carbocycles. The molecule has 0 aliphatic rings. The Morgan fingerprint density at radius 3 is 2.26 bits per heavy atom. The van der Waals surface area contributed by atoms with E-state index >= 15 is 0 Å². The van der Waals surface area contributed by atoms with Crippen molar-refractivity contribution in [3.63, 3.8) is 0 Å². The molecule has 0 saturated carbocycles. The van der Waals surface area contributed by atoms with E-state index in [1.165, 1.54) is 12.8 Å². The van der Waals surface area contributed by atoms with Crippen molar-refractivity contribution in [2.45, 2.75) is 52.1 Å². The summed E-state index contributed by atoms with van der Waals surface area (Å²) in [6.07, 6.45) is 3.54. The molecule has 0 aromatic carbocycles. The largest absolute Gasteiger partial charge is 0.385 e. The summed E-state index contributed by atoms with van der Waals surface area (Å²) in [5, 5.41) is 3.56. The molecule has 0 amide bonds. The predicted molar refractivity (Wildman–Crippen MR) is 81.8 cm³/mol. The van der Waals surface area contributed by atoms with Crippen LogP contribution in [-0.4, -0.2) is 64.1 Å². The fourth-order valence-corrected chi connectivity index (χ4v) is 2.22. The molecule has 4 nitrogen and oxygen atoms in total. The van der Waals surface area contributed by atoms with Gasteiger partial charge in [0.05, 0.1) is 6.61 Å². The minimum Gasteiger partial charge on any atom is -0.385 e. The average molecular weight is 274 g/mol. The topological polar surface area (TPSA) is 33.7 Å². The predicted octanol–water partition coefficient (Wildman–Crippen LogP) is 2.14. The first-order valence-corrected chi connectivity index (χ1v) is 7.61. The number of nitrogens with zero attached hydrogens (tertiary/aromatic N) is 1. The molecule has 0 heterocycles. The van der Waals surface area contributed by atoms with Crippen molar-refractivity contribution in [2.24, 2.45) is 0 Å². The van der Waals surface area contributed by atoms with Crippen LogP contribution in [0.3, 0.4) is 0 Å². The molecule has 116 valence electrons. The van der Waals surface area contributed by atoms with Crippen LogP contribution in [0, 0.1) is 0 Å². The molecule has 19 heavy (non-hydrogen) atoms. The zero-order valence-corrected chi connectivity index (χ0v) is 13.6. The van der Waals surface area contributed by atoms with Gasteiger partial charge < -0.3 is 14.8 Å². The van der Waals surface area contributed by atoms with E-state index in [4.69, 9.17) is 9.47 Å². The Hall–Kier alpha value is -0.160. The minimum absolute atomic E-state index is 0.544. The summed E-state index contributed by atoms with van der Waals surface area (Å²) in [5.41, 5.74) is 0. The summed E-state index contributed by atoms with van der Waals surface area (Å²) < 4.78 is 10.4. The van der Waals surface area contributed by atoms with Gasteiger partial charge in [-0.05, 0) is 12.8 Å². The third-order valence-corrected chi connectivity index (χ3v) is 3.28. The van der Waals surface area contributed by atoms with Gasteiger partial charge in [0.1, 0.15) is 0 Å². The highest BCUT2D eigenvalue weighted by Crippen LogP contribution is 2.08. The zero-order valence-electron chi connectivity index (χ0n) is 13.6. The molecule has 0 fully saturated rings.